The molecule has 0 saturated heterocycles. The van der Waals surface area contributed by atoms with Crippen molar-refractivity contribution in [2.24, 2.45) is 0 Å². The number of hydrogen-bond donors (Lipinski definition) is 1. The van der Waals surface area contributed by atoms with E-state index in [1.54, 1.807) is 6.26 Å². The number of hydrogen-bond acceptors (Lipinski definition) is 3. The van der Waals surface area contributed by atoms with Crippen molar-refractivity contribution in [2.45, 2.75) is 19.5 Å². The van der Waals surface area contributed by atoms with Crippen molar-refractivity contribution in [3.63, 3.8) is 0 Å². The van der Waals surface area contributed by atoms with Crippen molar-refractivity contribution >= 4 is 0 Å². The van der Waals surface area contributed by atoms with Gasteiger partial charge in [0.15, 0.2) is 0 Å². The van der Waals surface area contributed by atoms with Crippen LogP contribution in [-0.4, -0.2) is 25.0 Å². The standard InChI is InChI=1S/C16H22N2O/c1-18(14-15-7-3-2-4-8-15)11-6-10-17-13-16-9-5-12-19-16/h2-5,7-9,12,17H,6,10-11,13-14H2,1H3. The summed E-state index contributed by atoms with van der Waals surface area (Å²) in [5.41, 5.74) is 1.37. The van der Waals surface area contributed by atoms with Gasteiger partial charge in [0.05, 0.1) is 12.8 Å². The average molecular weight is 258 g/mol. The first-order valence-electron chi connectivity index (χ1n) is 6.80. The molecule has 2 rings (SSSR count). The van der Waals surface area contributed by atoms with E-state index < -0.39 is 0 Å². The zero-order valence-corrected chi connectivity index (χ0v) is 11.5. The Bertz CT molecular complexity index is 439. The van der Waals surface area contributed by atoms with E-state index in [2.05, 4.69) is 47.6 Å². The fraction of sp³-hybridized carbons (Fsp3) is 0.375. The minimum Gasteiger partial charge on any atom is -0.468 e. The molecule has 0 saturated carbocycles. The Balaban J connectivity index is 1.55. The van der Waals surface area contributed by atoms with Crippen molar-refractivity contribution in [3.05, 3.63) is 60.1 Å². The number of benzene rings is 1. The zero-order chi connectivity index (χ0) is 13.3. The molecule has 2 aromatic rings. The molecule has 1 aromatic carbocycles. The monoisotopic (exact) mass is 258 g/mol. The van der Waals surface area contributed by atoms with Crippen LogP contribution in [-0.2, 0) is 13.1 Å². The molecule has 0 bridgehead atoms. The third kappa shape index (κ3) is 5.28. The van der Waals surface area contributed by atoms with E-state index in [4.69, 9.17) is 4.42 Å². The minimum absolute atomic E-state index is 0.815. The third-order valence-corrected chi connectivity index (χ3v) is 3.07. The van der Waals surface area contributed by atoms with Crippen molar-refractivity contribution in [2.75, 3.05) is 20.1 Å². The first-order valence-corrected chi connectivity index (χ1v) is 6.80. The summed E-state index contributed by atoms with van der Waals surface area (Å²) in [5, 5.41) is 3.39. The summed E-state index contributed by atoms with van der Waals surface area (Å²) in [6.45, 7) is 3.94. The summed E-state index contributed by atoms with van der Waals surface area (Å²) >= 11 is 0. The number of nitrogens with one attached hydrogen (secondary N) is 1. The van der Waals surface area contributed by atoms with Gasteiger partial charge in [0, 0.05) is 6.54 Å². The molecule has 1 aromatic heterocycles. The minimum atomic E-state index is 0.815. The van der Waals surface area contributed by atoms with Gasteiger partial charge in [0.1, 0.15) is 5.76 Å². The Morgan fingerprint density at radius 1 is 1.11 bits per heavy atom. The molecular weight excluding hydrogens is 236 g/mol. The van der Waals surface area contributed by atoms with E-state index in [1.165, 1.54) is 5.56 Å². The summed E-state index contributed by atoms with van der Waals surface area (Å²) in [6, 6.07) is 14.5. The Hall–Kier alpha value is -1.58. The largest absolute Gasteiger partial charge is 0.468 e. The van der Waals surface area contributed by atoms with E-state index >= 15 is 0 Å². The smallest absolute Gasteiger partial charge is 0.117 e. The van der Waals surface area contributed by atoms with E-state index in [0.29, 0.717) is 0 Å². The van der Waals surface area contributed by atoms with Gasteiger partial charge in [-0.05, 0) is 44.3 Å². The maximum absolute atomic E-state index is 5.27. The van der Waals surface area contributed by atoms with E-state index in [-0.39, 0.29) is 0 Å². The molecule has 0 amide bonds. The van der Waals surface area contributed by atoms with E-state index in [1.807, 2.05) is 12.1 Å². The number of rotatable bonds is 8. The van der Waals surface area contributed by atoms with Crippen LogP contribution in [0.15, 0.2) is 53.1 Å². The predicted octanol–water partition coefficient (Wildman–Crippen LogP) is 2.89. The molecule has 0 spiro atoms. The van der Waals surface area contributed by atoms with Crippen LogP contribution in [0.5, 0.6) is 0 Å². The van der Waals surface area contributed by atoms with Gasteiger partial charge in [-0.1, -0.05) is 30.3 Å². The highest BCUT2D eigenvalue weighted by atomic mass is 16.3. The second kappa shape index (κ2) is 7.77. The van der Waals surface area contributed by atoms with Crippen molar-refractivity contribution in [1.82, 2.24) is 10.2 Å². The van der Waals surface area contributed by atoms with Crippen LogP contribution in [0.3, 0.4) is 0 Å². The molecule has 0 fully saturated rings. The summed E-state index contributed by atoms with van der Waals surface area (Å²) < 4.78 is 5.27. The molecule has 3 heteroatoms. The van der Waals surface area contributed by atoms with Crippen LogP contribution in [0.2, 0.25) is 0 Å². The molecule has 19 heavy (non-hydrogen) atoms. The number of furan rings is 1. The molecule has 1 heterocycles. The third-order valence-electron chi connectivity index (χ3n) is 3.07. The lowest BCUT2D eigenvalue weighted by molar-refractivity contribution is 0.318. The normalized spacial score (nSPS) is 11.1. The van der Waals surface area contributed by atoms with Gasteiger partial charge in [0.2, 0.25) is 0 Å². The first kappa shape index (κ1) is 13.8. The SMILES string of the molecule is CN(CCCNCc1ccco1)Cc1ccccc1. The fourth-order valence-electron chi connectivity index (χ4n) is 2.07. The highest BCUT2D eigenvalue weighted by molar-refractivity contribution is 5.14. The van der Waals surface area contributed by atoms with Gasteiger partial charge >= 0.3 is 0 Å². The van der Waals surface area contributed by atoms with E-state index in [0.717, 1.165) is 38.4 Å². The van der Waals surface area contributed by atoms with Crippen LogP contribution in [0, 0.1) is 0 Å². The second-order valence-corrected chi connectivity index (χ2v) is 4.83. The van der Waals surface area contributed by atoms with Crippen LogP contribution < -0.4 is 5.32 Å². The van der Waals surface area contributed by atoms with Gasteiger partial charge in [-0.25, -0.2) is 0 Å². The lowest BCUT2D eigenvalue weighted by atomic mass is 10.2. The summed E-state index contributed by atoms with van der Waals surface area (Å²) in [6.07, 6.45) is 2.86. The Morgan fingerprint density at radius 2 is 1.95 bits per heavy atom. The lowest BCUT2D eigenvalue weighted by Crippen LogP contribution is -2.23. The van der Waals surface area contributed by atoms with Crippen molar-refractivity contribution < 1.29 is 4.42 Å². The summed E-state index contributed by atoms with van der Waals surface area (Å²) in [5.74, 6) is 0.998. The Morgan fingerprint density at radius 3 is 2.68 bits per heavy atom. The Kier molecular flexibility index (Phi) is 5.66. The topological polar surface area (TPSA) is 28.4 Å². The molecule has 0 unspecified atom stereocenters. The second-order valence-electron chi connectivity index (χ2n) is 4.83. The van der Waals surface area contributed by atoms with E-state index in [9.17, 15) is 0 Å². The van der Waals surface area contributed by atoms with Crippen LogP contribution in [0.4, 0.5) is 0 Å². The molecule has 102 valence electrons. The highest BCUT2D eigenvalue weighted by Gasteiger charge is 2.00. The van der Waals surface area contributed by atoms with Gasteiger partial charge in [-0.2, -0.15) is 0 Å². The van der Waals surface area contributed by atoms with Gasteiger partial charge in [0.25, 0.3) is 0 Å². The molecule has 3 nitrogen and oxygen atoms in total. The molecule has 0 aliphatic heterocycles. The maximum Gasteiger partial charge on any atom is 0.117 e. The molecule has 0 atom stereocenters. The van der Waals surface area contributed by atoms with Crippen LogP contribution >= 0.6 is 0 Å². The molecule has 0 aliphatic rings. The molecular formula is C16H22N2O. The lowest BCUT2D eigenvalue weighted by Gasteiger charge is -2.16. The Labute approximate surface area is 115 Å². The fourth-order valence-corrected chi connectivity index (χ4v) is 2.07. The zero-order valence-electron chi connectivity index (χ0n) is 11.5. The number of nitrogens with zero attached hydrogens (tertiary/aromatic N) is 1. The summed E-state index contributed by atoms with van der Waals surface area (Å²) in [4.78, 5) is 2.35. The average Bonchev–Trinajstić information content (AvgIpc) is 2.92. The van der Waals surface area contributed by atoms with Crippen molar-refractivity contribution in [3.8, 4) is 0 Å². The molecule has 1 N–H and O–H groups in total. The highest BCUT2D eigenvalue weighted by Crippen LogP contribution is 2.03. The van der Waals surface area contributed by atoms with Gasteiger partial charge in [-0.3, -0.25) is 0 Å². The van der Waals surface area contributed by atoms with Crippen molar-refractivity contribution in [1.29, 1.82) is 0 Å². The summed E-state index contributed by atoms with van der Waals surface area (Å²) in [7, 11) is 2.17. The van der Waals surface area contributed by atoms with Gasteiger partial charge in [-0.15, -0.1) is 0 Å². The van der Waals surface area contributed by atoms with Crippen LogP contribution in [0.1, 0.15) is 17.7 Å². The van der Waals surface area contributed by atoms with Gasteiger partial charge < -0.3 is 14.6 Å². The molecule has 0 aliphatic carbocycles. The quantitative estimate of drug-likeness (QED) is 0.738. The van der Waals surface area contributed by atoms with Crippen LogP contribution in [0.25, 0.3) is 0 Å². The first-order chi connectivity index (χ1) is 9.34. The predicted molar refractivity (Wildman–Crippen MR) is 77.8 cm³/mol. The maximum atomic E-state index is 5.27. The molecule has 0 radical (unpaired) electrons.